The highest BCUT2D eigenvalue weighted by atomic mass is 16.2. The minimum atomic E-state index is -0.182. The van der Waals surface area contributed by atoms with Crippen molar-refractivity contribution in [3.05, 3.63) is 0 Å². The van der Waals surface area contributed by atoms with E-state index in [-0.39, 0.29) is 11.4 Å². The third-order valence-corrected chi connectivity index (χ3v) is 3.92. The van der Waals surface area contributed by atoms with E-state index in [1.807, 2.05) is 0 Å². The van der Waals surface area contributed by atoms with Crippen molar-refractivity contribution in [2.24, 2.45) is 0 Å². The minimum absolute atomic E-state index is 0.182. The standard InChI is InChI=1S/C12H23N3O/c1-2-3-4-9-15-10-14-11(16)12(15)5-7-13-8-6-12/h13H,2-10H2,1H3,(H,14,16). The lowest BCUT2D eigenvalue weighted by Crippen LogP contribution is -2.55. The second-order valence-corrected chi connectivity index (χ2v) is 4.92. The summed E-state index contributed by atoms with van der Waals surface area (Å²) in [6.07, 6.45) is 5.64. The third-order valence-electron chi connectivity index (χ3n) is 3.92. The average molecular weight is 225 g/mol. The van der Waals surface area contributed by atoms with Gasteiger partial charge in [0.25, 0.3) is 0 Å². The molecule has 0 aliphatic carbocycles. The fourth-order valence-corrected chi connectivity index (χ4v) is 2.86. The van der Waals surface area contributed by atoms with Crippen molar-refractivity contribution < 1.29 is 4.79 Å². The smallest absolute Gasteiger partial charge is 0.241 e. The van der Waals surface area contributed by atoms with Crippen LogP contribution in [0.2, 0.25) is 0 Å². The lowest BCUT2D eigenvalue weighted by Gasteiger charge is -2.38. The van der Waals surface area contributed by atoms with Gasteiger partial charge in [0.15, 0.2) is 0 Å². The maximum absolute atomic E-state index is 12.0. The highest BCUT2D eigenvalue weighted by Crippen LogP contribution is 2.30. The van der Waals surface area contributed by atoms with Crippen LogP contribution in [-0.2, 0) is 4.79 Å². The average Bonchev–Trinajstić information content (AvgIpc) is 2.60. The number of unbranched alkanes of at least 4 members (excludes halogenated alkanes) is 2. The van der Waals surface area contributed by atoms with Gasteiger partial charge >= 0.3 is 0 Å². The van der Waals surface area contributed by atoms with Crippen LogP contribution in [0, 0.1) is 0 Å². The van der Waals surface area contributed by atoms with Crippen LogP contribution in [0.5, 0.6) is 0 Å². The quantitative estimate of drug-likeness (QED) is 0.692. The number of carbonyl (C=O) groups is 1. The van der Waals surface area contributed by atoms with Crippen LogP contribution < -0.4 is 10.6 Å². The monoisotopic (exact) mass is 225 g/mol. The van der Waals surface area contributed by atoms with Gasteiger partial charge in [0.2, 0.25) is 5.91 Å². The van der Waals surface area contributed by atoms with Gasteiger partial charge in [-0.1, -0.05) is 19.8 Å². The van der Waals surface area contributed by atoms with Crippen LogP contribution in [0.25, 0.3) is 0 Å². The van der Waals surface area contributed by atoms with Crippen molar-refractivity contribution in [2.45, 2.75) is 44.6 Å². The van der Waals surface area contributed by atoms with Crippen molar-refractivity contribution in [1.82, 2.24) is 15.5 Å². The van der Waals surface area contributed by atoms with E-state index in [1.54, 1.807) is 0 Å². The molecule has 0 saturated carbocycles. The van der Waals surface area contributed by atoms with Gasteiger partial charge in [-0.25, -0.2) is 0 Å². The molecule has 4 heteroatoms. The van der Waals surface area contributed by atoms with E-state index in [4.69, 9.17) is 0 Å². The molecular formula is C12H23N3O. The molecular weight excluding hydrogens is 202 g/mol. The molecule has 0 aromatic heterocycles. The number of nitrogens with zero attached hydrogens (tertiary/aromatic N) is 1. The molecule has 0 unspecified atom stereocenters. The SMILES string of the molecule is CCCCCN1CNC(=O)C12CCNCC2. The number of nitrogens with one attached hydrogen (secondary N) is 2. The summed E-state index contributed by atoms with van der Waals surface area (Å²) in [5.74, 6) is 0.255. The second kappa shape index (κ2) is 5.15. The fraction of sp³-hybridized carbons (Fsp3) is 0.917. The van der Waals surface area contributed by atoms with Gasteiger partial charge in [0.1, 0.15) is 5.54 Å². The highest BCUT2D eigenvalue weighted by molar-refractivity contribution is 5.88. The first kappa shape index (κ1) is 11.9. The van der Waals surface area contributed by atoms with E-state index in [1.165, 1.54) is 19.3 Å². The van der Waals surface area contributed by atoms with Crippen molar-refractivity contribution in [1.29, 1.82) is 0 Å². The summed E-state index contributed by atoms with van der Waals surface area (Å²) in [6, 6.07) is 0. The van der Waals surface area contributed by atoms with Crippen LogP contribution in [0.1, 0.15) is 39.0 Å². The van der Waals surface area contributed by atoms with Gasteiger partial charge in [-0.3, -0.25) is 9.69 Å². The molecule has 2 N–H and O–H groups in total. The van der Waals surface area contributed by atoms with E-state index < -0.39 is 0 Å². The fourth-order valence-electron chi connectivity index (χ4n) is 2.86. The Balaban J connectivity index is 1.97. The molecule has 0 atom stereocenters. The summed E-state index contributed by atoms with van der Waals surface area (Å²) in [4.78, 5) is 14.4. The Labute approximate surface area is 97.8 Å². The molecule has 2 aliphatic rings. The van der Waals surface area contributed by atoms with Crippen LogP contribution in [0.3, 0.4) is 0 Å². The number of carbonyl (C=O) groups excluding carboxylic acids is 1. The van der Waals surface area contributed by atoms with E-state index >= 15 is 0 Å². The summed E-state index contributed by atoms with van der Waals surface area (Å²) < 4.78 is 0. The maximum Gasteiger partial charge on any atom is 0.241 e. The lowest BCUT2D eigenvalue weighted by molar-refractivity contribution is -0.128. The van der Waals surface area contributed by atoms with Crippen LogP contribution in [0.4, 0.5) is 0 Å². The maximum atomic E-state index is 12.0. The molecule has 0 radical (unpaired) electrons. The lowest BCUT2D eigenvalue weighted by atomic mass is 9.87. The highest BCUT2D eigenvalue weighted by Gasteiger charge is 2.48. The molecule has 1 amide bonds. The zero-order valence-electron chi connectivity index (χ0n) is 10.2. The summed E-state index contributed by atoms with van der Waals surface area (Å²) in [5, 5.41) is 6.35. The Bertz CT molecular complexity index is 249. The molecule has 16 heavy (non-hydrogen) atoms. The van der Waals surface area contributed by atoms with Crippen molar-refractivity contribution in [2.75, 3.05) is 26.3 Å². The molecule has 2 saturated heterocycles. The Hall–Kier alpha value is -0.610. The van der Waals surface area contributed by atoms with Crippen molar-refractivity contribution in [3.63, 3.8) is 0 Å². The van der Waals surface area contributed by atoms with E-state index in [0.29, 0.717) is 0 Å². The Morgan fingerprint density at radius 3 is 2.75 bits per heavy atom. The largest absolute Gasteiger partial charge is 0.342 e. The summed E-state index contributed by atoms with van der Waals surface area (Å²) in [6.45, 7) is 5.97. The Morgan fingerprint density at radius 2 is 2.06 bits per heavy atom. The Morgan fingerprint density at radius 1 is 1.31 bits per heavy atom. The van der Waals surface area contributed by atoms with E-state index in [2.05, 4.69) is 22.5 Å². The third kappa shape index (κ3) is 2.09. The van der Waals surface area contributed by atoms with Gasteiger partial charge in [-0.15, -0.1) is 0 Å². The molecule has 92 valence electrons. The molecule has 1 spiro atoms. The predicted molar refractivity (Wildman–Crippen MR) is 64.1 cm³/mol. The predicted octanol–water partition coefficient (Wildman–Crippen LogP) is 0.688. The van der Waals surface area contributed by atoms with Crippen LogP contribution in [-0.4, -0.2) is 42.6 Å². The molecule has 2 heterocycles. The zero-order chi connectivity index (χ0) is 11.4. The first-order chi connectivity index (χ1) is 7.79. The second-order valence-electron chi connectivity index (χ2n) is 4.92. The van der Waals surface area contributed by atoms with Crippen molar-refractivity contribution in [3.8, 4) is 0 Å². The Kier molecular flexibility index (Phi) is 3.82. The van der Waals surface area contributed by atoms with Crippen LogP contribution in [0.15, 0.2) is 0 Å². The van der Waals surface area contributed by atoms with Gasteiger partial charge in [-0.05, 0) is 32.4 Å². The van der Waals surface area contributed by atoms with Gasteiger partial charge in [-0.2, -0.15) is 0 Å². The zero-order valence-corrected chi connectivity index (χ0v) is 10.2. The molecule has 0 bridgehead atoms. The van der Waals surface area contributed by atoms with Crippen molar-refractivity contribution >= 4 is 5.91 Å². The molecule has 2 fully saturated rings. The van der Waals surface area contributed by atoms with Gasteiger partial charge < -0.3 is 10.6 Å². The summed E-state index contributed by atoms with van der Waals surface area (Å²) >= 11 is 0. The van der Waals surface area contributed by atoms with Gasteiger partial charge in [0, 0.05) is 6.54 Å². The van der Waals surface area contributed by atoms with E-state index in [9.17, 15) is 4.79 Å². The molecule has 2 aliphatic heterocycles. The first-order valence-corrected chi connectivity index (χ1v) is 6.54. The topological polar surface area (TPSA) is 44.4 Å². The molecule has 0 aromatic rings. The number of hydrogen-bond acceptors (Lipinski definition) is 3. The van der Waals surface area contributed by atoms with Gasteiger partial charge in [0.05, 0.1) is 6.67 Å². The van der Waals surface area contributed by atoms with Crippen LogP contribution >= 0.6 is 0 Å². The molecule has 2 rings (SSSR count). The molecule has 0 aromatic carbocycles. The number of amides is 1. The summed E-state index contributed by atoms with van der Waals surface area (Å²) in [7, 11) is 0. The number of hydrogen-bond donors (Lipinski definition) is 2. The summed E-state index contributed by atoms with van der Waals surface area (Å²) in [5.41, 5.74) is -0.182. The normalized spacial score (nSPS) is 24.9. The minimum Gasteiger partial charge on any atom is -0.342 e. The number of piperidine rings is 1. The number of rotatable bonds is 4. The van der Waals surface area contributed by atoms with E-state index in [0.717, 1.165) is 39.1 Å². The molecule has 4 nitrogen and oxygen atoms in total. The first-order valence-electron chi connectivity index (χ1n) is 6.54.